The lowest BCUT2D eigenvalue weighted by Gasteiger charge is -1.92. The first-order valence-electron chi connectivity index (χ1n) is 2.16. The van der Waals surface area contributed by atoms with E-state index in [1.807, 2.05) is 6.92 Å². The average molecular weight is 101 g/mol. The molecule has 0 saturated heterocycles. The largest absolute Gasteiger partial charge is 0.364 e. The maximum absolute atomic E-state index is 8.56. The van der Waals surface area contributed by atoms with Crippen molar-refractivity contribution in [1.29, 1.82) is 0 Å². The Morgan fingerprint density at radius 3 is 2.86 bits per heavy atom. The molecule has 0 aromatic rings. The van der Waals surface area contributed by atoms with Crippen molar-refractivity contribution in [3.8, 4) is 0 Å². The van der Waals surface area contributed by atoms with E-state index in [1.54, 1.807) is 0 Å². The first-order chi connectivity index (χ1) is 3.29. The van der Waals surface area contributed by atoms with Crippen LogP contribution in [0.5, 0.6) is 0 Å². The van der Waals surface area contributed by atoms with Gasteiger partial charge in [0.25, 0.3) is 0 Å². The van der Waals surface area contributed by atoms with Crippen LogP contribution in [0, 0.1) is 0 Å². The van der Waals surface area contributed by atoms with E-state index in [2.05, 4.69) is 9.99 Å². The third-order valence-corrected chi connectivity index (χ3v) is 0.800. The molecule has 0 radical (unpaired) electrons. The first-order valence-corrected chi connectivity index (χ1v) is 2.16. The number of rotatable bonds is 0. The maximum Gasteiger partial charge on any atom is 0.229 e. The van der Waals surface area contributed by atoms with Crippen molar-refractivity contribution in [1.82, 2.24) is 0 Å². The number of hydrogen-bond donors (Lipinski definition) is 1. The van der Waals surface area contributed by atoms with Crippen molar-refractivity contribution >= 4 is 5.71 Å². The van der Waals surface area contributed by atoms with Gasteiger partial charge in [-0.2, -0.15) is 0 Å². The van der Waals surface area contributed by atoms with E-state index in [4.69, 9.17) is 5.11 Å². The van der Waals surface area contributed by atoms with Crippen LogP contribution in [0.2, 0.25) is 0 Å². The first kappa shape index (κ1) is 4.59. The van der Waals surface area contributed by atoms with Gasteiger partial charge in [0.1, 0.15) is 0 Å². The molecule has 0 saturated carbocycles. The zero-order valence-corrected chi connectivity index (χ0v) is 4.09. The monoisotopic (exact) mass is 101 g/mol. The minimum absolute atomic E-state index is 0.556. The molecule has 1 aliphatic heterocycles. The molecule has 1 aliphatic rings. The Morgan fingerprint density at radius 2 is 2.71 bits per heavy atom. The van der Waals surface area contributed by atoms with Gasteiger partial charge < -0.3 is 9.94 Å². The van der Waals surface area contributed by atoms with Crippen molar-refractivity contribution < 1.29 is 9.94 Å². The lowest BCUT2D eigenvalue weighted by Crippen LogP contribution is -2.02. The van der Waals surface area contributed by atoms with Crippen LogP contribution in [-0.2, 0) is 4.84 Å². The van der Waals surface area contributed by atoms with Crippen LogP contribution in [0.15, 0.2) is 5.16 Å². The Kier molecular flexibility index (Phi) is 0.982. The van der Waals surface area contributed by atoms with Gasteiger partial charge in [0, 0.05) is 0 Å². The lowest BCUT2D eigenvalue weighted by molar-refractivity contribution is -0.0762. The number of aliphatic hydroxyl groups is 1. The highest BCUT2D eigenvalue weighted by atomic mass is 16.7. The van der Waals surface area contributed by atoms with Gasteiger partial charge in [-0.25, -0.2) is 0 Å². The summed E-state index contributed by atoms with van der Waals surface area (Å²) in [6.07, 6.45) is -0.125. The van der Waals surface area contributed by atoms with Crippen LogP contribution in [0.25, 0.3) is 0 Å². The van der Waals surface area contributed by atoms with Gasteiger partial charge in [-0.05, 0) is 6.92 Å². The molecule has 0 aromatic heterocycles. The highest BCUT2D eigenvalue weighted by Gasteiger charge is 2.12. The van der Waals surface area contributed by atoms with E-state index in [0.29, 0.717) is 6.42 Å². The normalized spacial score (nSPS) is 29.4. The van der Waals surface area contributed by atoms with Gasteiger partial charge in [0.15, 0.2) is 0 Å². The Balaban J connectivity index is 2.42. The van der Waals surface area contributed by atoms with Crippen LogP contribution in [-0.4, -0.2) is 17.1 Å². The molecule has 1 atom stereocenters. The molecule has 1 N–H and O–H groups in total. The van der Waals surface area contributed by atoms with Crippen LogP contribution in [0.1, 0.15) is 13.3 Å². The molecule has 1 heterocycles. The zero-order chi connectivity index (χ0) is 5.28. The second kappa shape index (κ2) is 1.50. The Hall–Kier alpha value is -0.570. The van der Waals surface area contributed by atoms with Gasteiger partial charge in [-0.3, -0.25) is 0 Å². The van der Waals surface area contributed by atoms with Crippen molar-refractivity contribution in [2.75, 3.05) is 0 Å². The quantitative estimate of drug-likeness (QED) is 0.470. The summed E-state index contributed by atoms with van der Waals surface area (Å²) in [4.78, 5) is 4.41. The van der Waals surface area contributed by atoms with Crippen LogP contribution >= 0.6 is 0 Å². The molecule has 1 rings (SSSR count). The van der Waals surface area contributed by atoms with Crippen LogP contribution in [0.3, 0.4) is 0 Å². The van der Waals surface area contributed by atoms with Gasteiger partial charge >= 0.3 is 0 Å². The fourth-order valence-electron chi connectivity index (χ4n) is 0.478. The topological polar surface area (TPSA) is 41.8 Å². The molecule has 1 unspecified atom stereocenters. The number of hydrogen-bond acceptors (Lipinski definition) is 3. The SMILES string of the molecule is CC1=NOC(O)C1. The lowest BCUT2D eigenvalue weighted by atomic mass is 10.3. The summed E-state index contributed by atoms with van der Waals surface area (Å²) in [6, 6.07) is 0. The minimum atomic E-state index is -0.681. The zero-order valence-electron chi connectivity index (χ0n) is 4.09. The summed E-state index contributed by atoms with van der Waals surface area (Å²) in [6.45, 7) is 1.82. The Morgan fingerprint density at radius 1 is 2.00 bits per heavy atom. The number of aliphatic hydroxyl groups excluding tert-OH is 1. The third-order valence-electron chi connectivity index (χ3n) is 0.800. The van der Waals surface area contributed by atoms with E-state index in [0.717, 1.165) is 5.71 Å². The highest BCUT2D eigenvalue weighted by molar-refractivity contribution is 5.82. The van der Waals surface area contributed by atoms with Crippen molar-refractivity contribution in [2.24, 2.45) is 5.16 Å². The molecule has 0 bridgehead atoms. The molecule has 40 valence electrons. The summed E-state index contributed by atoms with van der Waals surface area (Å²) in [7, 11) is 0. The molecule has 7 heavy (non-hydrogen) atoms. The molecule has 3 heteroatoms. The predicted octanol–water partition coefficient (Wildman–Crippen LogP) is 0.101. The van der Waals surface area contributed by atoms with E-state index in [9.17, 15) is 0 Å². The van der Waals surface area contributed by atoms with Gasteiger partial charge in [0.2, 0.25) is 6.29 Å². The number of nitrogens with zero attached hydrogens (tertiary/aromatic N) is 1. The Bertz CT molecular complexity index is 99.9. The van der Waals surface area contributed by atoms with E-state index in [-0.39, 0.29) is 0 Å². The summed E-state index contributed by atoms with van der Waals surface area (Å²) in [5, 5.41) is 12.0. The fraction of sp³-hybridized carbons (Fsp3) is 0.750. The molecule has 0 aliphatic carbocycles. The maximum atomic E-state index is 8.56. The molecule has 0 amide bonds. The predicted molar refractivity (Wildman–Crippen MR) is 24.8 cm³/mol. The average Bonchev–Trinajstić information content (AvgIpc) is 1.87. The highest BCUT2D eigenvalue weighted by Crippen LogP contribution is 2.04. The van der Waals surface area contributed by atoms with Crippen LogP contribution < -0.4 is 0 Å². The molecule has 0 fully saturated rings. The molecule has 0 spiro atoms. The molecule has 0 aromatic carbocycles. The second-order valence-electron chi connectivity index (χ2n) is 1.59. The summed E-state index contributed by atoms with van der Waals surface area (Å²) in [5.41, 5.74) is 0.854. The van der Waals surface area contributed by atoms with Crippen molar-refractivity contribution in [3.05, 3.63) is 0 Å². The van der Waals surface area contributed by atoms with Crippen molar-refractivity contribution in [3.63, 3.8) is 0 Å². The Labute approximate surface area is 41.6 Å². The fourth-order valence-corrected chi connectivity index (χ4v) is 0.478. The third kappa shape index (κ3) is 0.899. The minimum Gasteiger partial charge on any atom is -0.364 e. The molecule has 3 nitrogen and oxygen atoms in total. The standard InChI is InChI=1S/C4H7NO2/c1-3-2-4(6)7-5-3/h4,6H,2H2,1H3. The van der Waals surface area contributed by atoms with E-state index >= 15 is 0 Å². The van der Waals surface area contributed by atoms with Crippen LogP contribution in [0.4, 0.5) is 0 Å². The van der Waals surface area contributed by atoms with E-state index < -0.39 is 6.29 Å². The van der Waals surface area contributed by atoms with Crippen molar-refractivity contribution in [2.45, 2.75) is 19.6 Å². The van der Waals surface area contributed by atoms with Gasteiger partial charge in [-0.15, -0.1) is 0 Å². The van der Waals surface area contributed by atoms with Gasteiger partial charge in [0.05, 0.1) is 12.1 Å². The van der Waals surface area contributed by atoms with Gasteiger partial charge in [-0.1, -0.05) is 5.16 Å². The number of oxime groups is 1. The smallest absolute Gasteiger partial charge is 0.229 e. The summed E-state index contributed by atoms with van der Waals surface area (Å²) < 4.78 is 0. The second-order valence-corrected chi connectivity index (χ2v) is 1.59. The summed E-state index contributed by atoms with van der Waals surface area (Å²) >= 11 is 0. The molecular weight excluding hydrogens is 94.0 g/mol. The molecular formula is C4H7NO2. The summed E-state index contributed by atoms with van der Waals surface area (Å²) in [5.74, 6) is 0. The van der Waals surface area contributed by atoms with E-state index in [1.165, 1.54) is 0 Å².